The third-order valence-corrected chi connectivity index (χ3v) is 3.02. The second-order valence-corrected chi connectivity index (χ2v) is 4.70. The topological polar surface area (TPSA) is 63.0 Å². The number of hydrogen-bond acceptors (Lipinski definition) is 5. The van der Waals surface area contributed by atoms with E-state index < -0.39 is 0 Å². The van der Waals surface area contributed by atoms with Crippen molar-refractivity contribution >= 4 is 11.6 Å². The van der Waals surface area contributed by atoms with Crippen molar-refractivity contribution in [3.05, 3.63) is 35.5 Å². The lowest BCUT2D eigenvalue weighted by Crippen LogP contribution is -2.10. The number of hydrogen-bond donors (Lipinski definition) is 2. The molecule has 20 heavy (non-hydrogen) atoms. The molecule has 0 bridgehead atoms. The summed E-state index contributed by atoms with van der Waals surface area (Å²) < 4.78 is 5.56. The van der Waals surface area contributed by atoms with Gasteiger partial charge in [0.25, 0.3) is 0 Å². The van der Waals surface area contributed by atoms with Gasteiger partial charge in [-0.25, -0.2) is 9.97 Å². The molecule has 2 N–H and O–H groups in total. The van der Waals surface area contributed by atoms with E-state index in [-0.39, 0.29) is 0 Å². The highest BCUT2D eigenvalue weighted by Crippen LogP contribution is 2.22. The lowest BCUT2D eigenvalue weighted by Gasteiger charge is -2.13. The second-order valence-electron chi connectivity index (χ2n) is 4.70. The van der Waals surface area contributed by atoms with Gasteiger partial charge in [-0.05, 0) is 32.4 Å². The molecule has 0 unspecified atom stereocenters. The Morgan fingerprint density at radius 2 is 1.85 bits per heavy atom. The van der Waals surface area contributed by atoms with Crippen LogP contribution in [0.5, 0.6) is 0 Å². The van der Waals surface area contributed by atoms with Gasteiger partial charge in [-0.2, -0.15) is 0 Å². The molecule has 108 valence electrons. The summed E-state index contributed by atoms with van der Waals surface area (Å²) in [7, 11) is 0. The van der Waals surface area contributed by atoms with Crippen LogP contribution in [-0.4, -0.2) is 16.5 Å². The summed E-state index contributed by atoms with van der Waals surface area (Å²) in [6.45, 7) is 7.65. The number of aryl methyl sites for hydroxylation is 1. The van der Waals surface area contributed by atoms with Gasteiger partial charge in [0, 0.05) is 12.1 Å². The highest BCUT2D eigenvalue weighted by Gasteiger charge is 2.10. The van der Waals surface area contributed by atoms with Crippen LogP contribution < -0.4 is 10.6 Å². The fraction of sp³-hybridized carbons (Fsp3) is 0.467. The van der Waals surface area contributed by atoms with E-state index in [1.54, 1.807) is 6.33 Å². The molecule has 0 saturated heterocycles. The fourth-order valence-corrected chi connectivity index (χ4v) is 2.12. The number of nitrogens with one attached hydrogen (secondary N) is 2. The summed E-state index contributed by atoms with van der Waals surface area (Å²) in [5.41, 5.74) is 1.14. The molecular weight excluding hydrogens is 252 g/mol. The zero-order valence-electron chi connectivity index (χ0n) is 12.4. The third-order valence-electron chi connectivity index (χ3n) is 3.02. The van der Waals surface area contributed by atoms with Crippen molar-refractivity contribution in [1.82, 2.24) is 9.97 Å². The monoisotopic (exact) mass is 274 g/mol. The maximum atomic E-state index is 5.56. The van der Waals surface area contributed by atoms with E-state index in [2.05, 4.69) is 34.4 Å². The van der Waals surface area contributed by atoms with Gasteiger partial charge in [0.2, 0.25) is 0 Å². The Morgan fingerprint density at radius 1 is 1.10 bits per heavy atom. The van der Waals surface area contributed by atoms with Crippen LogP contribution in [0, 0.1) is 6.92 Å². The van der Waals surface area contributed by atoms with Gasteiger partial charge in [0.05, 0.1) is 6.54 Å². The Labute approximate surface area is 119 Å². The number of aromatic nitrogens is 2. The molecule has 2 heterocycles. The summed E-state index contributed by atoms with van der Waals surface area (Å²) in [4.78, 5) is 8.68. The predicted molar refractivity (Wildman–Crippen MR) is 81.0 cm³/mol. The molecular formula is C15H22N4O. The van der Waals surface area contributed by atoms with Crippen molar-refractivity contribution in [2.24, 2.45) is 0 Å². The van der Waals surface area contributed by atoms with Crippen LogP contribution in [0.3, 0.4) is 0 Å². The summed E-state index contributed by atoms with van der Waals surface area (Å²) in [5, 5.41) is 6.63. The van der Waals surface area contributed by atoms with Crippen LogP contribution >= 0.6 is 0 Å². The lowest BCUT2D eigenvalue weighted by molar-refractivity contribution is 0.490. The lowest BCUT2D eigenvalue weighted by atomic mass is 10.1. The van der Waals surface area contributed by atoms with Crippen molar-refractivity contribution in [2.75, 3.05) is 17.2 Å². The minimum atomic E-state index is 0.632. The number of furan rings is 1. The standard InChI is InChI=1S/C15H22N4O/c1-4-6-13-14(16-5-2)18-10-19-15(13)17-9-12-8-7-11(3)20-12/h7-8,10H,4-6,9H2,1-3H3,(H2,16,17,18,19). The molecule has 5 nitrogen and oxygen atoms in total. The zero-order valence-corrected chi connectivity index (χ0v) is 12.4. The van der Waals surface area contributed by atoms with Crippen LogP contribution in [0.2, 0.25) is 0 Å². The van der Waals surface area contributed by atoms with Gasteiger partial charge in [0.15, 0.2) is 0 Å². The van der Waals surface area contributed by atoms with Crippen molar-refractivity contribution in [3.8, 4) is 0 Å². The molecule has 2 aromatic rings. The molecule has 0 atom stereocenters. The van der Waals surface area contributed by atoms with Crippen molar-refractivity contribution < 1.29 is 4.42 Å². The second kappa shape index (κ2) is 6.93. The summed E-state index contributed by atoms with van der Waals surface area (Å²) in [6, 6.07) is 3.95. The molecule has 2 aromatic heterocycles. The van der Waals surface area contributed by atoms with Crippen LogP contribution in [0.1, 0.15) is 37.4 Å². The molecule has 0 spiro atoms. The highest BCUT2D eigenvalue weighted by molar-refractivity contribution is 5.57. The Kier molecular flexibility index (Phi) is 4.98. The highest BCUT2D eigenvalue weighted by atomic mass is 16.3. The minimum Gasteiger partial charge on any atom is -0.465 e. The average molecular weight is 274 g/mol. The Hall–Kier alpha value is -2.04. The molecule has 0 aliphatic heterocycles. The molecule has 0 radical (unpaired) electrons. The van der Waals surface area contributed by atoms with Gasteiger partial charge in [0.1, 0.15) is 29.5 Å². The van der Waals surface area contributed by atoms with Crippen molar-refractivity contribution in [2.45, 2.75) is 40.2 Å². The van der Waals surface area contributed by atoms with E-state index in [9.17, 15) is 0 Å². The van der Waals surface area contributed by atoms with Gasteiger partial charge in [-0.1, -0.05) is 13.3 Å². The van der Waals surface area contributed by atoms with Crippen molar-refractivity contribution in [3.63, 3.8) is 0 Å². The molecule has 0 amide bonds. The minimum absolute atomic E-state index is 0.632. The number of nitrogens with zero attached hydrogens (tertiary/aromatic N) is 2. The third kappa shape index (κ3) is 3.50. The maximum absolute atomic E-state index is 5.56. The van der Waals surface area contributed by atoms with Crippen LogP contribution in [0.15, 0.2) is 22.9 Å². The first-order valence-corrected chi connectivity index (χ1v) is 7.11. The normalized spacial score (nSPS) is 10.6. The first kappa shape index (κ1) is 14.4. The molecule has 0 aliphatic carbocycles. The quantitative estimate of drug-likeness (QED) is 0.810. The van der Waals surface area contributed by atoms with E-state index in [1.807, 2.05) is 19.1 Å². The van der Waals surface area contributed by atoms with E-state index in [0.717, 1.165) is 48.1 Å². The first-order chi connectivity index (χ1) is 9.74. The van der Waals surface area contributed by atoms with Crippen LogP contribution in [0.25, 0.3) is 0 Å². The van der Waals surface area contributed by atoms with Gasteiger partial charge < -0.3 is 15.1 Å². The smallest absolute Gasteiger partial charge is 0.135 e. The fourth-order valence-electron chi connectivity index (χ4n) is 2.12. The van der Waals surface area contributed by atoms with Crippen LogP contribution in [0.4, 0.5) is 11.6 Å². The molecule has 2 rings (SSSR count). The van der Waals surface area contributed by atoms with Gasteiger partial charge in [-0.3, -0.25) is 0 Å². The first-order valence-electron chi connectivity index (χ1n) is 7.11. The van der Waals surface area contributed by atoms with E-state index in [4.69, 9.17) is 4.42 Å². The predicted octanol–water partition coefficient (Wildman–Crippen LogP) is 3.37. The Bertz CT molecular complexity index is 551. The SMILES string of the molecule is CCCc1c(NCC)ncnc1NCc1ccc(C)o1. The van der Waals surface area contributed by atoms with E-state index in [1.165, 1.54) is 0 Å². The Morgan fingerprint density at radius 3 is 2.45 bits per heavy atom. The molecule has 0 aliphatic rings. The molecule has 0 saturated carbocycles. The zero-order chi connectivity index (χ0) is 14.4. The van der Waals surface area contributed by atoms with Gasteiger partial charge >= 0.3 is 0 Å². The number of rotatable bonds is 7. The summed E-state index contributed by atoms with van der Waals surface area (Å²) in [6.07, 6.45) is 3.59. The molecule has 0 aromatic carbocycles. The molecule has 5 heteroatoms. The van der Waals surface area contributed by atoms with E-state index in [0.29, 0.717) is 6.54 Å². The molecule has 0 fully saturated rings. The van der Waals surface area contributed by atoms with Crippen LogP contribution in [-0.2, 0) is 13.0 Å². The number of anilines is 2. The largest absolute Gasteiger partial charge is 0.465 e. The summed E-state index contributed by atoms with van der Waals surface area (Å²) in [5.74, 6) is 3.63. The maximum Gasteiger partial charge on any atom is 0.135 e. The Balaban J connectivity index is 2.14. The average Bonchev–Trinajstić information content (AvgIpc) is 2.85. The van der Waals surface area contributed by atoms with Gasteiger partial charge in [-0.15, -0.1) is 0 Å². The van der Waals surface area contributed by atoms with Crippen molar-refractivity contribution in [1.29, 1.82) is 0 Å². The van der Waals surface area contributed by atoms with E-state index >= 15 is 0 Å². The summed E-state index contributed by atoms with van der Waals surface area (Å²) >= 11 is 0.